The van der Waals surface area contributed by atoms with E-state index in [1.165, 1.54) is 12.8 Å². The van der Waals surface area contributed by atoms with Crippen molar-refractivity contribution in [3.63, 3.8) is 0 Å². The van der Waals surface area contributed by atoms with Crippen molar-refractivity contribution < 1.29 is 0 Å². The molecule has 2 rings (SSSR count). The largest absolute Gasteiger partial charge is 0.317 e. The quantitative estimate of drug-likeness (QED) is 0.789. The maximum atomic E-state index is 4.29. The van der Waals surface area contributed by atoms with E-state index in [1.807, 2.05) is 6.20 Å². The molecule has 2 heterocycles. The van der Waals surface area contributed by atoms with Crippen molar-refractivity contribution >= 4 is 0 Å². The van der Waals surface area contributed by atoms with Crippen LogP contribution in [0, 0.1) is 0 Å². The second-order valence-electron chi connectivity index (χ2n) is 4.09. The maximum absolute atomic E-state index is 4.29. The molecule has 0 spiro atoms. The molecule has 0 bridgehead atoms. The molecule has 1 aromatic rings. The van der Waals surface area contributed by atoms with E-state index in [4.69, 9.17) is 0 Å². The first-order valence-electron chi connectivity index (χ1n) is 5.52. The second kappa shape index (κ2) is 5.19. The summed E-state index contributed by atoms with van der Waals surface area (Å²) in [5.74, 6) is 0. The molecule has 1 saturated heterocycles. The first-order chi connectivity index (χ1) is 7.36. The van der Waals surface area contributed by atoms with Gasteiger partial charge in [-0.15, -0.1) is 0 Å². The third-order valence-electron chi connectivity index (χ3n) is 2.96. The molecule has 0 radical (unpaired) electrons. The first-order valence-corrected chi connectivity index (χ1v) is 5.52. The molecule has 0 aromatic carbocycles. The Kier molecular flexibility index (Phi) is 3.64. The van der Waals surface area contributed by atoms with E-state index in [0.29, 0.717) is 6.04 Å². The van der Waals surface area contributed by atoms with Crippen LogP contribution in [0.1, 0.15) is 18.5 Å². The highest BCUT2D eigenvalue weighted by molar-refractivity contribution is 4.95. The van der Waals surface area contributed by atoms with Gasteiger partial charge in [0.1, 0.15) is 0 Å². The Hall–Kier alpha value is -1.00. The fourth-order valence-corrected chi connectivity index (χ4v) is 2.04. The van der Waals surface area contributed by atoms with Crippen LogP contribution in [-0.2, 0) is 6.54 Å². The summed E-state index contributed by atoms with van der Waals surface area (Å²) >= 11 is 0. The molecular weight excluding hydrogens is 188 g/mol. The van der Waals surface area contributed by atoms with Crippen LogP contribution < -0.4 is 5.32 Å². The molecule has 1 aliphatic rings. The summed E-state index contributed by atoms with van der Waals surface area (Å²) in [5.41, 5.74) is 1.05. The third-order valence-corrected chi connectivity index (χ3v) is 2.96. The summed E-state index contributed by atoms with van der Waals surface area (Å²) in [6, 6.07) is 0.688. The molecule has 1 aromatic heterocycles. The maximum Gasteiger partial charge on any atom is 0.0726 e. The number of nitrogens with one attached hydrogen (secondary N) is 1. The monoisotopic (exact) mass is 206 g/mol. The summed E-state index contributed by atoms with van der Waals surface area (Å²) in [4.78, 5) is 10.8. The average molecular weight is 206 g/mol. The van der Waals surface area contributed by atoms with Gasteiger partial charge in [-0.2, -0.15) is 0 Å². The SMILES string of the molecule is CN(Cc1cnccn1)C1CCNCC1. The molecule has 15 heavy (non-hydrogen) atoms. The lowest BCUT2D eigenvalue weighted by molar-refractivity contribution is 0.189. The number of nitrogens with zero attached hydrogens (tertiary/aromatic N) is 3. The molecule has 82 valence electrons. The van der Waals surface area contributed by atoms with Gasteiger partial charge in [0.25, 0.3) is 0 Å². The van der Waals surface area contributed by atoms with Crippen molar-refractivity contribution in [3.05, 3.63) is 24.3 Å². The predicted octanol–water partition coefficient (Wildman–Crippen LogP) is 0.660. The van der Waals surface area contributed by atoms with Crippen molar-refractivity contribution in [3.8, 4) is 0 Å². The van der Waals surface area contributed by atoms with Crippen molar-refractivity contribution in [2.24, 2.45) is 0 Å². The Morgan fingerprint density at radius 2 is 2.20 bits per heavy atom. The standard InChI is InChI=1S/C11H18N4/c1-15(11-2-4-12-5-3-11)9-10-8-13-6-7-14-10/h6-8,11-12H,2-5,9H2,1H3. The second-order valence-corrected chi connectivity index (χ2v) is 4.09. The van der Waals surface area contributed by atoms with Gasteiger partial charge in [0.2, 0.25) is 0 Å². The lowest BCUT2D eigenvalue weighted by Crippen LogP contribution is -2.40. The molecule has 1 N–H and O–H groups in total. The van der Waals surface area contributed by atoms with Gasteiger partial charge in [-0.1, -0.05) is 0 Å². The number of rotatable bonds is 3. The molecule has 1 aliphatic heterocycles. The van der Waals surface area contributed by atoms with Crippen molar-refractivity contribution in [1.29, 1.82) is 0 Å². The normalized spacial score (nSPS) is 18.3. The van der Waals surface area contributed by atoms with Crippen molar-refractivity contribution in [2.75, 3.05) is 20.1 Å². The first kappa shape index (κ1) is 10.5. The van der Waals surface area contributed by atoms with E-state index < -0.39 is 0 Å². The topological polar surface area (TPSA) is 41.1 Å². The average Bonchev–Trinajstić information content (AvgIpc) is 2.31. The summed E-state index contributed by atoms with van der Waals surface area (Å²) in [6.07, 6.45) is 7.78. The smallest absolute Gasteiger partial charge is 0.0726 e. The van der Waals surface area contributed by atoms with Crippen LogP contribution in [-0.4, -0.2) is 41.0 Å². The van der Waals surface area contributed by atoms with Gasteiger partial charge >= 0.3 is 0 Å². The highest BCUT2D eigenvalue weighted by atomic mass is 15.1. The number of hydrogen-bond acceptors (Lipinski definition) is 4. The van der Waals surface area contributed by atoms with E-state index in [0.717, 1.165) is 25.3 Å². The van der Waals surface area contributed by atoms with Crippen molar-refractivity contribution in [2.45, 2.75) is 25.4 Å². The number of aromatic nitrogens is 2. The number of piperidine rings is 1. The third kappa shape index (κ3) is 2.97. The highest BCUT2D eigenvalue weighted by Gasteiger charge is 2.17. The van der Waals surface area contributed by atoms with Crippen LogP contribution in [0.2, 0.25) is 0 Å². The molecule has 0 atom stereocenters. The number of hydrogen-bond donors (Lipinski definition) is 1. The van der Waals surface area contributed by atoms with Gasteiger partial charge < -0.3 is 5.32 Å². The molecule has 0 unspecified atom stereocenters. The minimum Gasteiger partial charge on any atom is -0.317 e. The van der Waals surface area contributed by atoms with Gasteiger partial charge in [-0.3, -0.25) is 14.9 Å². The molecular formula is C11H18N4. The zero-order valence-electron chi connectivity index (χ0n) is 9.19. The molecule has 0 saturated carbocycles. The zero-order valence-corrected chi connectivity index (χ0v) is 9.19. The molecule has 0 aliphatic carbocycles. The van der Waals surface area contributed by atoms with Crippen LogP contribution in [0.15, 0.2) is 18.6 Å². The van der Waals surface area contributed by atoms with E-state index in [1.54, 1.807) is 12.4 Å². The lowest BCUT2D eigenvalue weighted by atomic mass is 10.1. The summed E-state index contributed by atoms with van der Waals surface area (Å²) in [6.45, 7) is 3.17. The molecule has 0 amide bonds. The van der Waals surface area contributed by atoms with Gasteiger partial charge in [0.05, 0.1) is 5.69 Å². The Morgan fingerprint density at radius 1 is 1.40 bits per heavy atom. The molecule has 4 nitrogen and oxygen atoms in total. The highest BCUT2D eigenvalue weighted by Crippen LogP contribution is 2.11. The van der Waals surface area contributed by atoms with Crippen LogP contribution in [0.25, 0.3) is 0 Å². The van der Waals surface area contributed by atoms with Crippen LogP contribution in [0.4, 0.5) is 0 Å². The van der Waals surface area contributed by atoms with Crippen LogP contribution in [0.3, 0.4) is 0 Å². The summed E-state index contributed by atoms with van der Waals surface area (Å²) < 4.78 is 0. The summed E-state index contributed by atoms with van der Waals surface area (Å²) in [7, 11) is 2.17. The van der Waals surface area contributed by atoms with E-state index in [2.05, 4.69) is 27.2 Å². The van der Waals surface area contributed by atoms with Gasteiger partial charge in [-0.25, -0.2) is 0 Å². The Balaban J connectivity index is 1.88. The van der Waals surface area contributed by atoms with E-state index in [9.17, 15) is 0 Å². The lowest BCUT2D eigenvalue weighted by Gasteiger charge is -2.31. The fraction of sp³-hybridized carbons (Fsp3) is 0.636. The minimum absolute atomic E-state index is 0.688. The minimum atomic E-state index is 0.688. The van der Waals surface area contributed by atoms with E-state index >= 15 is 0 Å². The Labute approximate surface area is 90.7 Å². The van der Waals surface area contributed by atoms with Crippen LogP contribution in [0.5, 0.6) is 0 Å². The zero-order chi connectivity index (χ0) is 10.5. The van der Waals surface area contributed by atoms with Gasteiger partial charge in [0, 0.05) is 31.2 Å². The van der Waals surface area contributed by atoms with Gasteiger partial charge in [-0.05, 0) is 33.0 Å². The Bertz CT molecular complexity index is 282. The fourth-order valence-electron chi connectivity index (χ4n) is 2.04. The predicted molar refractivity (Wildman–Crippen MR) is 59.4 cm³/mol. The summed E-state index contributed by atoms with van der Waals surface area (Å²) in [5, 5.41) is 3.38. The van der Waals surface area contributed by atoms with Crippen molar-refractivity contribution in [1.82, 2.24) is 20.2 Å². The van der Waals surface area contributed by atoms with Crippen LogP contribution >= 0.6 is 0 Å². The molecule has 4 heteroatoms. The Morgan fingerprint density at radius 3 is 2.87 bits per heavy atom. The van der Waals surface area contributed by atoms with E-state index in [-0.39, 0.29) is 0 Å². The van der Waals surface area contributed by atoms with Gasteiger partial charge in [0.15, 0.2) is 0 Å². The molecule has 1 fully saturated rings.